The molecule has 1 aliphatic heterocycles. The molecule has 1 aromatic carbocycles. The van der Waals surface area contributed by atoms with Crippen LogP contribution in [0.3, 0.4) is 0 Å². The zero-order valence-corrected chi connectivity index (χ0v) is 13.6. The topological polar surface area (TPSA) is 104 Å². The molecular weight excluding hydrogens is 312 g/mol. The first-order valence-electron chi connectivity index (χ1n) is 8.07. The smallest absolute Gasteiger partial charge is 0.342 e. The van der Waals surface area contributed by atoms with Gasteiger partial charge in [-0.3, -0.25) is 4.79 Å². The van der Waals surface area contributed by atoms with Gasteiger partial charge >= 0.3 is 5.97 Å². The second-order valence-electron chi connectivity index (χ2n) is 6.00. The average molecular weight is 334 g/mol. The fraction of sp³-hybridized carbons (Fsp3) is 0.444. The minimum atomic E-state index is -0.779. The second kappa shape index (κ2) is 7.86. The van der Waals surface area contributed by atoms with Crippen LogP contribution in [-0.2, 0) is 9.53 Å². The van der Waals surface area contributed by atoms with Crippen molar-refractivity contribution in [3.8, 4) is 17.2 Å². The minimum absolute atomic E-state index is 0.179. The van der Waals surface area contributed by atoms with Gasteiger partial charge in [0.2, 0.25) is 5.75 Å². The molecule has 1 atom stereocenters. The maximum atomic E-state index is 12.4. The normalized spacial score (nSPS) is 21.5. The third kappa shape index (κ3) is 4.28. The van der Waals surface area contributed by atoms with Crippen molar-refractivity contribution in [1.29, 1.82) is 0 Å². The minimum Gasteiger partial charge on any atom is -0.504 e. The Morgan fingerprint density at radius 1 is 1.08 bits per heavy atom. The van der Waals surface area contributed by atoms with Crippen LogP contribution in [0.5, 0.6) is 17.2 Å². The van der Waals surface area contributed by atoms with Gasteiger partial charge in [0.1, 0.15) is 11.3 Å². The number of phenols is 3. The van der Waals surface area contributed by atoms with Gasteiger partial charge in [-0.2, -0.15) is 0 Å². The zero-order valence-electron chi connectivity index (χ0n) is 13.6. The maximum Gasteiger partial charge on any atom is 0.342 e. The number of esters is 1. The molecule has 0 aromatic heterocycles. The van der Waals surface area contributed by atoms with E-state index in [1.54, 1.807) is 19.1 Å². The number of rotatable bonds is 0. The number of phenolic OH excluding ortho intramolecular Hbond substituents is 3. The SMILES string of the molecule is C[C@H]1CCCC(=O)CCC/C=C/c2cc(O)c(O)c(O)c2C(=O)O1. The van der Waals surface area contributed by atoms with Gasteiger partial charge < -0.3 is 20.1 Å². The summed E-state index contributed by atoms with van der Waals surface area (Å²) in [5.74, 6) is -2.56. The lowest BCUT2D eigenvalue weighted by molar-refractivity contribution is -0.119. The number of ether oxygens (including phenoxy) is 1. The van der Waals surface area contributed by atoms with Crippen LogP contribution in [-0.4, -0.2) is 33.2 Å². The molecule has 0 bridgehead atoms. The van der Waals surface area contributed by atoms with Crippen molar-refractivity contribution < 1.29 is 29.6 Å². The molecule has 6 nitrogen and oxygen atoms in total. The van der Waals surface area contributed by atoms with E-state index in [0.717, 1.165) is 0 Å². The number of benzene rings is 1. The summed E-state index contributed by atoms with van der Waals surface area (Å²) in [6.45, 7) is 1.71. The lowest BCUT2D eigenvalue weighted by Gasteiger charge is -2.16. The van der Waals surface area contributed by atoms with Crippen LogP contribution >= 0.6 is 0 Å². The van der Waals surface area contributed by atoms with Gasteiger partial charge in [-0.05, 0) is 44.2 Å². The summed E-state index contributed by atoms with van der Waals surface area (Å²) >= 11 is 0. The van der Waals surface area contributed by atoms with E-state index in [4.69, 9.17) is 4.74 Å². The van der Waals surface area contributed by atoms with Gasteiger partial charge in [0, 0.05) is 12.8 Å². The molecule has 6 heteroatoms. The van der Waals surface area contributed by atoms with Gasteiger partial charge in [0.05, 0.1) is 6.10 Å². The number of Topliss-reactive ketones (excluding diaryl/α,β-unsaturated/α-hetero) is 1. The Kier molecular flexibility index (Phi) is 5.84. The van der Waals surface area contributed by atoms with E-state index >= 15 is 0 Å². The molecule has 3 N–H and O–H groups in total. The Hall–Kier alpha value is -2.50. The highest BCUT2D eigenvalue weighted by molar-refractivity contribution is 5.98. The van der Waals surface area contributed by atoms with E-state index in [-0.39, 0.29) is 16.9 Å². The molecule has 0 saturated heterocycles. The van der Waals surface area contributed by atoms with E-state index in [2.05, 4.69) is 0 Å². The quantitative estimate of drug-likeness (QED) is 0.497. The molecule has 0 amide bonds. The Morgan fingerprint density at radius 2 is 1.79 bits per heavy atom. The third-order valence-electron chi connectivity index (χ3n) is 3.99. The Balaban J connectivity index is 2.38. The summed E-state index contributed by atoms with van der Waals surface area (Å²) in [6.07, 6.45) is 6.33. The van der Waals surface area contributed by atoms with Crippen molar-refractivity contribution in [3.05, 3.63) is 23.3 Å². The molecule has 1 aliphatic rings. The van der Waals surface area contributed by atoms with Crippen molar-refractivity contribution in [3.63, 3.8) is 0 Å². The van der Waals surface area contributed by atoms with Crippen molar-refractivity contribution in [1.82, 2.24) is 0 Å². The van der Waals surface area contributed by atoms with Gasteiger partial charge in [0.15, 0.2) is 11.5 Å². The fourth-order valence-corrected chi connectivity index (χ4v) is 2.65. The van der Waals surface area contributed by atoms with E-state index in [9.17, 15) is 24.9 Å². The van der Waals surface area contributed by atoms with Crippen molar-refractivity contribution in [2.45, 2.75) is 51.6 Å². The summed E-state index contributed by atoms with van der Waals surface area (Å²) in [5.41, 5.74) is 0.0740. The first-order chi connectivity index (χ1) is 11.4. The number of hydrogen-bond donors (Lipinski definition) is 3. The standard InChI is InChI=1S/C18H22O6/c1-11-6-5-9-13(19)8-4-2-3-7-12-10-14(20)16(21)17(22)15(12)18(23)24-11/h3,7,10-11,20-22H,2,4-6,8-9H2,1H3/b7-3+/t11-/m0/s1. The molecule has 130 valence electrons. The number of hydrogen-bond acceptors (Lipinski definition) is 6. The van der Waals surface area contributed by atoms with E-state index < -0.39 is 29.3 Å². The first-order valence-corrected chi connectivity index (χ1v) is 8.07. The lowest BCUT2D eigenvalue weighted by Crippen LogP contribution is -2.16. The van der Waals surface area contributed by atoms with Crippen LogP contribution in [0.1, 0.15) is 61.4 Å². The van der Waals surface area contributed by atoms with Crippen molar-refractivity contribution >= 4 is 17.8 Å². The molecule has 24 heavy (non-hydrogen) atoms. The van der Waals surface area contributed by atoms with Crippen LogP contribution in [0.2, 0.25) is 0 Å². The highest BCUT2D eigenvalue weighted by atomic mass is 16.5. The van der Waals surface area contributed by atoms with Crippen LogP contribution in [0, 0.1) is 0 Å². The van der Waals surface area contributed by atoms with Crippen LogP contribution in [0.25, 0.3) is 6.08 Å². The van der Waals surface area contributed by atoms with Gasteiger partial charge in [-0.15, -0.1) is 0 Å². The number of cyclic esters (lactones) is 1. The number of carbonyl (C=O) groups is 2. The van der Waals surface area contributed by atoms with E-state index in [1.165, 1.54) is 6.07 Å². The van der Waals surface area contributed by atoms with Gasteiger partial charge in [-0.1, -0.05) is 12.2 Å². The largest absolute Gasteiger partial charge is 0.504 e. The molecule has 0 radical (unpaired) electrons. The highest BCUT2D eigenvalue weighted by Crippen LogP contribution is 2.40. The molecular formula is C18H22O6. The van der Waals surface area contributed by atoms with E-state index in [1.807, 2.05) is 0 Å². The summed E-state index contributed by atoms with van der Waals surface area (Å²) in [6, 6.07) is 1.20. The predicted molar refractivity (Wildman–Crippen MR) is 88.1 cm³/mol. The lowest BCUT2D eigenvalue weighted by atomic mass is 10.0. The molecule has 0 aliphatic carbocycles. The number of allylic oxidation sites excluding steroid dienone is 1. The number of fused-ring (bicyclic) bond motifs is 1. The van der Waals surface area contributed by atoms with Gasteiger partial charge in [-0.25, -0.2) is 4.79 Å². The maximum absolute atomic E-state index is 12.4. The fourth-order valence-electron chi connectivity index (χ4n) is 2.65. The Morgan fingerprint density at radius 3 is 2.54 bits per heavy atom. The summed E-state index contributed by atoms with van der Waals surface area (Å²) in [4.78, 5) is 24.1. The van der Waals surface area contributed by atoms with Crippen molar-refractivity contribution in [2.24, 2.45) is 0 Å². The van der Waals surface area contributed by atoms with Crippen LogP contribution in [0.4, 0.5) is 0 Å². The zero-order chi connectivity index (χ0) is 17.7. The predicted octanol–water partition coefficient (Wildman–Crippen LogP) is 3.29. The second-order valence-corrected chi connectivity index (χ2v) is 6.00. The Bertz CT molecular complexity index is 662. The van der Waals surface area contributed by atoms with Crippen molar-refractivity contribution in [2.75, 3.05) is 0 Å². The molecule has 1 aromatic rings. The monoisotopic (exact) mass is 334 g/mol. The number of carbonyl (C=O) groups excluding carboxylic acids is 2. The number of aromatic hydroxyl groups is 3. The van der Waals surface area contributed by atoms with Crippen LogP contribution < -0.4 is 0 Å². The third-order valence-corrected chi connectivity index (χ3v) is 3.99. The Labute approximate surface area is 140 Å². The molecule has 0 unspecified atom stereocenters. The van der Waals surface area contributed by atoms with Crippen LogP contribution in [0.15, 0.2) is 12.1 Å². The molecule has 0 spiro atoms. The van der Waals surface area contributed by atoms with E-state index in [0.29, 0.717) is 38.5 Å². The van der Waals surface area contributed by atoms with Gasteiger partial charge in [0.25, 0.3) is 0 Å². The number of ketones is 1. The average Bonchev–Trinajstić information content (AvgIpc) is 2.51. The summed E-state index contributed by atoms with van der Waals surface area (Å²) in [5, 5.41) is 29.4. The first kappa shape index (κ1) is 17.8. The molecule has 2 rings (SSSR count). The molecule has 1 heterocycles. The molecule has 0 saturated carbocycles. The summed E-state index contributed by atoms with van der Waals surface area (Å²) in [7, 11) is 0. The highest BCUT2D eigenvalue weighted by Gasteiger charge is 2.24. The summed E-state index contributed by atoms with van der Waals surface area (Å²) < 4.78 is 5.30. The molecule has 0 fully saturated rings.